The minimum atomic E-state index is -0.833. The van der Waals surface area contributed by atoms with Gasteiger partial charge in [-0.25, -0.2) is 0 Å². The number of ether oxygens (including phenoxy) is 2. The number of esters is 2. The van der Waals surface area contributed by atoms with Crippen molar-refractivity contribution >= 4 is 23.5 Å². The van der Waals surface area contributed by atoms with Gasteiger partial charge in [0, 0.05) is 17.0 Å². The van der Waals surface area contributed by atoms with Gasteiger partial charge in [0.25, 0.3) is 0 Å². The molecule has 142 valence electrons. The van der Waals surface area contributed by atoms with Gasteiger partial charge in [-0.15, -0.1) is 0 Å². The molecule has 1 saturated heterocycles. The summed E-state index contributed by atoms with van der Waals surface area (Å²) in [6.45, 7) is 5.56. The Kier molecular flexibility index (Phi) is 5.06. The van der Waals surface area contributed by atoms with Crippen molar-refractivity contribution in [2.24, 2.45) is 11.8 Å². The SMILES string of the molecule is COC(=O)[C@]12CCC[C@H]1[C@H](C(=O)OC(C)(C)C)[C@@H](c1ccc(Cl)cc1)N2. The van der Waals surface area contributed by atoms with Crippen molar-refractivity contribution < 1.29 is 19.1 Å². The summed E-state index contributed by atoms with van der Waals surface area (Å²) < 4.78 is 10.8. The zero-order valence-electron chi connectivity index (χ0n) is 15.7. The number of carbonyl (C=O) groups is 2. The van der Waals surface area contributed by atoms with Crippen LogP contribution in [-0.2, 0) is 19.1 Å². The summed E-state index contributed by atoms with van der Waals surface area (Å²) >= 11 is 6.01. The Morgan fingerprint density at radius 1 is 1.23 bits per heavy atom. The Hall–Kier alpha value is -1.59. The number of halogens is 1. The first kappa shape index (κ1) is 19.2. The van der Waals surface area contributed by atoms with Crippen molar-refractivity contribution in [3.8, 4) is 0 Å². The number of fused-ring (bicyclic) bond motifs is 1. The van der Waals surface area contributed by atoms with Crippen molar-refractivity contribution in [2.45, 2.75) is 57.2 Å². The first-order valence-corrected chi connectivity index (χ1v) is 9.40. The second-order valence-corrected chi connectivity index (χ2v) is 8.63. The Balaban J connectivity index is 2.01. The minimum Gasteiger partial charge on any atom is -0.468 e. The zero-order chi connectivity index (χ0) is 19.1. The standard InChI is InChI=1S/C20H26ClNO4/c1-19(2,3)26-17(23)15-14-6-5-11-20(14,18(24)25-4)22-16(15)12-7-9-13(21)10-8-12/h7-10,14-16,22H,5-6,11H2,1-4H3/t14-,15-,16+,20-/m0/s1. The van der Waals surface area contributed by atoms with Gasteiger partial charge < -0.3 is 9.47 Å². The van der Waals surface area contributed by atoms with Gasteiger partial charge >= 0.3 is 11.9 Å². The summed E-state index contributed by atoms with van der Waals surface area (Å²) in [4.78, 5) is 25.7. The van der Waals surface area contributed by atoms with E-state index in [0.29, 0.717) is 11.4 Å². The lowest BCUT2D eigenvalue weighted by Gasteiger charge is -2.28. The Labute approximate surface area is 159 Å². The fraction of sp³-hybridized carbons (Fsp3) is 0.600. The molecule has 1 heterocycles. The number of rotatable bonds is 3. The summed E-state index contributed by atoms with van der Waals surface area (Å²) in [5.74, 6) is -1.17. The van der Waals surface area contributed by atoms with E-state index in [9.17, 15) is 9.59 Å². The van der Waals surface area contributed by atoms with Gasteiger partial charge in [-0.2, -0.15) is 0 Å². The molecule has 4 atom stereocenters. The number of benzene rings is 1. The maximum Gasteiger partial charge on any atom is 0.326 e. The average molecular weight is 380 g/mol. The molecule has 0 amide bonds. The van der Waals surface area contributed by atoms with E-state index in [0.717, 1.165) is 18.4 Å². The molecule has 3 rings (SSSR count). The highest BCUT2D eigenvalue weighted by Gasteiger charge is 2.63. The molecule has 1 N–H and O–H groups in total. The molecular formula is C20H26ClNO4. The molecular weight excluding hydrogens is 354 g/mol. The average Bonchev–Trinajstić information content (AvgIpc) is 3.10. The molecule has 6 heteroatoms. The van der Waals surface area contributed by atoms with Crippen molar-refractivity contribution in [2.75, 3.05) is 7.11 Å². The van der Waals surface area contributed by atoms with Gasteiger partial charge in [-0.3, -0.25) is 14.9 Å². The molecule has 0 aromatic heterocycles. The number of nitrogens with one attached hydrogen (secondary N) is 1. The lowest BCUT2D eigenvalue weighted by molar-refractivity contribution is -0.162. The third-order valence-electron chi connectivity index (χ3n) is 5.38. The van der Waals surface area contributed by atoms with Crippen LogP contribution in [0.1, 0.15) is 51.6 Å². The van der Waals surface area contributed by atoms with E-state index in [1.807, 2.05) is 32.9 Å². The molecule has 1 aromatic carbocycles. The molecule has 26 heavy (non-hydrogen) atoms. The Morgan fingerprint density at radius 3 is 2.46 bits per heavy atom. The maximum atomic E-state index is 13.1. The normalized spacial score (nSPS) is 30.7. The third-order valence-corrected chi connectivity index (χ3v) is 5.63. The minimum absolute atomic E-state index is 0.148. The predicted molar refractivity (Wildman–Crippen MR) is 98.8 cm³/mol. The largest absolute Gasteiger partial charge is 0.468 e. The Bertz CT molecular complexity index is 697. The van der Waals surface area contributed by atoms with Gasteiger partial charge in [0.05, 0.1) is 13.0 Å². The number of hydrogen-bond acceptors (Lipinski definition) is 5. The molecule has 5 nitrogen and oxygen atoms in total. The van der Waals surface area contributed by atoms with Crippen LogP contribution in [0, 0.1) is 11.8 Å². The van der Waals surface area contributed by atoms with Gasteiger partial charge in [0.15, 0.2) is 0 Å². The summed E-state index contributed by atoms with van der Waals surface area (Å²) in [7, 11) is 1.40. The molecule has 0 spiro atoms. The maximum absolute atomic E-state index is 13.1. The van der Waals surface area contributed by atoms with E-state index in [-0.39, 0.29) is 23.9 Å². The topological polar surface area (TPSA) is 64.6 Å². The van der Waals surface area contributed by atoms with Crippen LogP contribution in [0.3, 0.4) is 0 Å². The van der Waals surface area contributed by atoms with Crippen molar-refractivity contribution in [1.29, 1.82) is 0 Å². The van der Waals surface area contributed by atoms with Gasteiger partial charge in [0.1, 0.15) is 11.1 Å². The molecule has 0 radical (unpaired) electrons. The lowest BCUT2D eigenvalue weighted by Crippen LogP contribution is -2.50. The first-order chi connectivity index (χ1) is 12.2. The van der Waals surface area contributed by atoms with E-state index in [2.05, 4.69) is 5.32 Å². The van der Waals surface area contributed by atoms with Crippen LogP contribution in [0.2, 0.25) is 5.02 Å². The van der Waals surface area contributed by atoms with Gasteiger partial charge in [-0.1, -0.05) is 30.2 Å². The number of carbonyl (C=O) groups excluding carboxylic acids is 2. The molecule has 1 saturated carbocycles. The van der Waals surface area contributed by atoms with E-state index in [4.69, 9.17) is 21.1 Å². The van der Waals surface area contributed by atoms with Crippen molar-refractivity contribution in [3.63, 3.8) is 0 Å². The highest BCUT2D eigenvalue weighted by Crippen LogP contribution is 2.52. The molecule has 2 aliphatic rings. The quantitative estimate of drug-likeness (QED) is 0.812. The summed E-state index contributed by atoms with van der Waals surface area (Å²) in [6.07, 6.45) is 2.32. The van der Waals surface area contributed by atoms with Crippen LogP contribution in [0.5, 0.6) is 0 Å². The molecule has 0 bridgehead atoms. The Morgan fingerprint density at radius 2 is 1.88 bits per heavy atom. The second kappa shape index (κ2) is 6.86. The van der Waals surface area contributed by atoms with Gasteiger partial charge in [-0.05, 0) is 51.3 Å². The molecule has 0 unspecified atom stereocenters. The van der Waals surface area contributed by atoms with Crippen molar-refractivity contribution in [3.05, 3.63) is 34.9 Å². The van der Waals surface area contributed by atoms with Crippen LogP contribution in [0.15, 0.2) is 24.3 Å². The van der Waals surface area contributed by atoms with E-state index < -0.39 is 17.1 Å². The van der Waals surface area contributed by atoms with E-state index in [1.54, 1.807) is 12.1 Å². The fourth-order valence-corrected chi connectivity index (χ4v) is 4.55. The fourth-order valence-electron chi connectivity index (χ4n) is 4.42. The van der Waals surface area contributed by atoms with Crippen molar-refractivity contribution in [1.82, 2.24) is 5.32 Å². The lowest BCUT2D eigenvalue weighted by atomic mass is 9.80. The summed E-state index contributed by atoms with van der Waals surface area (Å²) in [5, 5.41) is 4.08. The highest BCUT2D eigenvalue weighted by atomic mass is 35.5. The number of hydrogen-bond donors (Lipinski definition) is 1. The van der Waals surface area contributed by atoms with Crippen LogP contribution < -0.4 is 5.32 Å². The predicted octanol–water partition coefficient (Wildman–Crippen LogP) is 3.65. The summed E-state index contributed by atoms with van der Waals surface area (Å²) in [5.41, 5.74) is -0.500. The summed E-state index contributed by atoms with van der Waals surface area (Å²) in [6, 6.07) is 7.06. The zero-order valence-corrected chi connectivity index (χ0v) is 16.4. The second-order valence-electron chi connectivity index (χ2n) is 8.19. The van der Waals surface area contributed by atoms with E-state index >= 15 is 0 Å². The smallest absolute Gasteiger partial charge is 0.326 e. The van der Waals surface area contributed by atoms with Crippen LogP contribution in [-0.4, -0.2) is 30.2 Å². The van der Waals surface area contributed by atoms with Crippen LogP contribution in [0.25, 0.3) is 0 Å². The first-order valence-electron chi connectivity index (χ1n) is 9.02. The number of methoxy groups -OCH3 is 1. The highest BCUT2D eigenvalue weighted by molar-refractivity contribution is 6.30. The molecule has 1 aliphatic carbocycles. The monoisotopic (exact) mass is 379 g/mol. The van der Waals surface area contributed by atoms with Crippen LogP contribution >= 0.6 is 11.6 Å². The van der Waals surface area contributed by atoms with Gasteiger partial charge in [0.2, 0.25) is 0 Å². The molecule has 1 aromatic rings. The van der Waals surface area contributed by atoms with Crippen LogP contribution in [0.4, 0.5) is 0 Å². The van der Waals surface area contributed by atoms with E-state index in [1.165, 1.54) is 7.11 Å². The molecule has 1 aliphatic heterocycles. The third kappa shape index (κ3) is 3.35. The molecule has 2 fully saturated rings.